The Labute approximate surface area is 186 Å². The summed E-state index contributed by atoms with van der Waals surface area (Å²) in [5.41, 5.74) is 2.02. The van der Waals surface area contributed by atoms with Crippen LogP contribution >= 0.6 is 22.9 Å². The molecule has 2 unspecified atom stereocenters. The number of unbranched alkanes of at least 4 members (excludes halogenated alkanes) is 1. The zero-order valence-electron chi connectivity index (χ0n) is 17.5. The largest absolute Gasteiger partial charge is 0.469 e. The second-order valence-corrected chi connectivity index (χ2v) is 8.69. The van der Waals surface area contributed by atoms with E-state index >= 15 is 0 Å². The first-order chi connectivity index (χ1) is 14.5. The summed E-state index contributed by atoms with van der Waals surface area (Å²) in [4.78, 5) is 18.4. The molecule has 0 aliphatic heterocycles. The van der Waals surface area contributed by atoms with Crippen molar-refractivity contribution >= 4 is 28.9 Å². The van der Waals surface area contributed by atoms with Gasteiger partial charge in [-0.05, 0) is 43.3 Å². The molecule has 0 fully saturated rings. The fourth-order valence-corrected chi connectivity index (χ4v) is 4.65. The standard InChI is InChI=1S/C23H27ClN2O3S/c1-4-5-12-20-25-15(2)21(26(20)19-11-7-6-10-18(19)24)22(27)17(23(28)29-3)14-16-9-8-13-30-16/h6-11,13,17,22,27H,4-5,12,14H2,1-3H3. The fraction of sp³-hybridized carbons (Fsp3) is 0.391. The van der Waals surface area contributed by atoms with Crippen LogP contribution < -0.4 is 0 Å². The fourth-order valence-electron chi connectivity index (χ4n) is 3.66. The number of methoxy groups -OCH3 is 1. The third-order valence-corrected chi connectivity index (χ3v) is 6.40. The van der Waals surface area contributed by atoms with Crippen LogP contribution in [0.3, 0.4) is 0 Å². The van der Waals surface area contributed by atoms with Crippen molar-refractivity contribution in [2.24, 2.45) is 5.92 Å². The number of benzene rings is 1. The molecule has 2 atom stereocenters. The van der Waals surface area contributed by atoms with Crippen LogP contribution in [0.5, 0.6) is 0 Å². The van der Waals surface area contributed by atoms with E-state index in [9.17, 15) is 9.90 Å². The Morgan fingerprint density at radius 2 is 2.07 bits per heavy atom. The molecule has 2 aromatic heterocycles. The average molecular weight is 447 g/mol. The Morgan fingerprint density at radius 3 is 2.70 bits per heavy atom. The Hall–Kier alpha value is -2.15. The van der Waals surface area contributed by atoms with Gasteiger partial charge in [0.25, 0.3) is 0 Å². The van der Waals surface area contributed by atoms with Gasteiger partial charge in [-0.1, -0.05) is 43.1 Å². The topological polar surface area (TPSA) is 64.3 Å². The van der Waals surface area contributed by atoms with Gasteiger partial charge in [0.2, 0.25) is 0 Å². The number of hydrogen-bond donors (Lipinski definition) is 1. The van der Waals surface area contributed by atoms with Crippen LogP contribution in [0.1, 0.15) is 48.0 Å². The Bertz CT molecular complexity index is 985. The van der Waals surface area contributed by atoms with Gasteiger partial charge in [0.05, 0.1) is 35.1 Å². The molecule has 0 aliphatic rings. The minimum absolute atomic E-state index is 0.392. The van der Waals surface area contributed by atoms with E-state index in [4.69, 9.17) is 21.3 Å². The van der Waals surface area contributed by atoms with Crippen LogP contribution in [0.25, 0.3) is 5.69 Å². The molecule has 1 N–H and O–H groups in total. The molecule has 7 heteroatoms. The van der Waals surface area contributed by atoms with Crippen molar-refractivity contribution in [2.75, 3.05) is 7.11 Å². The molecule has 0 saturated carbocycles. The number of nitrogens with zero attached hydrogens (tertiary/aromatic N) is 2. The monoisotopic (exact) mass is 446 g/mol. The molecular formula is C23H27ClN2O3S. The zero-order valence-corrected chi connectivity index (χ0v) is 19.0. The molecule has 5 nitrogen and oxygen atoms in total. The van der Waals surface area contributed by atoms with Gasteiger partial charge in [0.1, 0.15) is 11.9 Å². The van der Waals surface area contributed by atoms with Crippen LogP contribution in [0, 0.1) is 12.8 Å². The number of para-hydroxylation sites is 1. The third-order valence-electron chi connectivity index (χ3n) is 5.18. The molecule has 160 valence electrons. The van der Waals surface area contributed by atoms with Crippen molar-refractivity contribution in [3.63, 3.8) is 0 Å². The zero-order chi connectivity index (χ0) is 21.7. The predicted octanol–water partition coefficient (Wildman–Crippen LogP) is 5.30. The van der Waals surface area contributed by atoms with Gasteiger partial charge in [-0.25, -0.2) is 4.98 Å². The van der Waals surface area contributed by atoms with Crippen molar-refractivity contribution in [3.8, 4) is 5.69 Å². The van der Waals surface area contributed by atoms with Gasteiger partial charge in [-0.2, -0.15) is 0 Å². The summed E-state index contributed by atoms with van der Waals surface area (Å²) in [6.45, 7) is 3.99. The van der Waals surface area contributed by atoms with E-state index in [0.29, 0.717) is 22.8 Å². The van der Waals surface area contributed by atoms with E-state index in [1.165, 1.54) is 7.11 Å². The van der Waals surface area contributed by atoms with E-state index in [2.05, 4.69) is 6.92 Å². The molecule has 30 heavy (non-hydrogen) atoms. The normalized spacial score (nSPS) is 13.2. The lowest BCUT2D eigenvalue weighted by atomic mass is 9.94. The highest BCUT2D eigenvalue weighted by molar-refractivity contribution is 7.09. The number of ether oxygens (including phenoxy) is 1. The summed E-state index contributed by atoms with van der Waals surface area (Å²) in [7, 11) is 1.35. The van der Waals surface area contributed by atoms with Crippen molar-refractivity contribution < 1.29 is 14.6 Å². The molecule has 0 amide bonds. The highest BCUT2D eigenvalue weighted by Crippen LogP contribution is 2.34. The molecule has 2 heterocycles. The predicted molar refractivity (Wildman–Crippen MR) is 120 cm³/mol. The number of esters is 1. The number of aromatic nitrogens is 2. The van der Waals surface area contributed by atoms with Crippen molar-refractivity contribution in [1.82, 2.24) is 9.55 Å². The van der Waals surface area contributed by atoms with Crippen molar-refractivity contribution in [2.45, 2.75) is 45.6 Å². The second-order valence-electron chi connectivity index (χ2n) is 7.25. The summed E-state index contributed by atoms with van der Waals surface area (Å²) in [5, 5.41) is 14.0. The summed E-state index contributed by atoms with van der Waals surface area (Å²) in [6, 6.07) is 11.4. The highest BCUT2D eigenvalue weighted by Gasteiger charge is 2.34. The molecule has 0 bridgehead atoms. The Kier molecular flexibility index (Phi) is 7.69. The Balaban J connectivity index is 2.11. The van der Waals surface area contributed by atoms with Crippen molar-refractivity contribution in [1.29, 1.82) is 0 Å². The number of aryl methyl sites for hydroxylation is 2. The maximum absolute atomic E-state index is 12.6. The van der Waals surface area contributed by atoms with Crippen LogP contribution in [-0.4, -0.2) is 27.7 Å². The number of carbonyl (C=O) groups is 1. The molecule has 3 aromatic rings. The first kappa shape index (κ1) is 22.5. The number of hydrogen-bond acceptors (Lipinski definition) is 5. The number of rotatable bonds is 9. The number of halogens is 1. The quantitative estimate of drug-likeness (QED) is 0.453. The van der Waals surface area contributed by atoms with Gasteiger partial charge in [0.15, 0.2) is 0 Å². The number of imidazole rings is 1. The SMILES string of the molecule is CCCCc1nc(C)c(C(O)C(Cc2cccs2)C(=O)OC)n1-c1ccccc1Cl. The molecule has 1 aromatic carbocycles. The molecule has 0 aliphatic carbocycles. The maximum atomic E-state index is 12.6. The minimum atomic E-state index is -1.08. The lowest BCUT2D eigenvalue weighted by Gasteiger charge is -2.23. The first-order valence-corrected chi connectivity index (χ1v) is 11.3. The van der Waals surface area contributed by atoms with E-state index < -0.39 is 18.0 Å². The lowest BCUT2D eigenvalue weighted by Crippen LogP contribution is -2.27. The third kappa shape index (κ3) is 4.77. The molecule has 0 spiro atoms. The van der Waals surface area contributed by atoms with Crippen LogP contribution in [0.4, 0.5) is 0 Å². The highest BCUT2D eigenvalue weighted by atomic mass is 35.5. The van der Waals surface area contributed by atoms with Gasteiger partial charge >= 0.3 is 5.97 Å². The number of aliphatic hydroxyl groups is 1. The van der Waals surface area contributed by atoms with Crippen LogP contribution in [0.15, 0.2) is 41.8 Å². The molecule has 0 radical (unpaired) electrons. The van der Waals surface area contributed by atoms with Gasteiger partial charge in [-0.3, -0.25) is 9.36 Å². The smallest absolute Gasteiger partial charge is 0.312 e. The second kappa shape index (κ2) is 10.2. The van der Waals surface area contributed by atoms with E-state index in [1.54, 1.807) is 11.3 Å². The number of carbonyl (C=O) groups excluding carboxylic acids is 1. The van der Waals surface area contributed by atoms with E-state index in [1.807, 2.05) is 53.3 Å². The summed E-state index contributed by atoms with van der Waals surface area (Å²) in [5.74, 6) is -0.363. The van der Waals surface area contributed by atoms with Gasteiger partial charge < -0.3 is 9.84 Å². The van der Waals surface area contributed by atoms with Gasteiger partial charge in [-0.15, -0.1) is 11.3 Å². The summed E-state index contributed by atoms with van der Waals surface area (Å²) in [6.07, 6.45) is 2.05. The molecule has 3 rings (SSSR count). The summed E-state index contributed by atoms with van der Waals surface area (Å²) < 4.78 is 6.95. The molecular weight excluding hydrogens is 420 g/mol. The Morgan fingerprint density at radius 1 is 1.30 bits per heavy atom. The summed E-state index contributed by atoms with van der Waals surface area (Å²) >= 11 is 8.07. The van der Waals surface area contributed by atoms with E-state index in [0.717, 1.165) is 35.7 Å². The number of aliphatic hydroxyl groups excluding tert-OH is 1. The first-order valence-electron chi connectivity index (χ1n) is 10.1. The molecule has 0 saturated heterocycles. The van der Waals surface area contributed by atoms with Crippen molar-refractivity contribution in [3.05, 3.63) is 68.9 Å². The maximum Gasteiger partial charge on any atom is 0.312 e. The van der Waals surface area contributed by atoms with Crippen LogP contribution in [0.2, 0.25) is 5.02 Å². The average Bonchev–Trinajstić information content (AvgIpc) is 3.37. The lowest BCUT2D eigenvalue weighted by molar-refractivity contribution is -0.149. The van der Waals surface area contributed by atoms with Gasteiger partial charge in [0, 0.05) is 11.3 Å². The number of thiophene rings is 1. The van der Waals surface area contributed by atoms with E-state index in [-0.39, 0.29) is 0 Å². The van der Waals surface area contributed by atoms with Crippen LogP contribution in [-0.2, 0) is 22.4 Å². The minimum Gasteiger partial charge on any atom is -0.469 e.